The molecule has 4 atom stereocenters. The summed E-state index contributed by atoms with van der Waals surface area (Å²) in [7, 11) is -4.68. The average molecular weight is 468 g/mol. The molecule has 0 bridgehead atoms. The highest BCUT2D eigenvalue weighted by Gasteiger charge is 2.45. The number of benzene rings is 1. The number of hydrogen-bond donors (Lipinski definition) is 4. The Kier molecular flexibility index (Phi) is 5.74. The largest absolute Gasteiger partial charge is 0.387 e. The van der Waals surface area contributed by atoms with Gasteiger partial charge in [0.1, 0.15) is 36.0 Å². The van der Waals surface area contributed by atoms with E-state index in [2.05, 4.69) is 19.1 Å². The third-order valence-electron chi connectivity index (χ3n) is 4.72. The van der Waals surface area contributed by atoms with E-state index in [0.717, 1.165) is 12.1 Å². The molecule has 15 heteroatoms. The molecular weight excluding hydrogens is 451 g/mol. The summed E-state index contributed by atoms with van der Waals surface area (Å²) < 4.78 is 50.9. The molecule has 1 saturated heterocycles. The molecule has 3 aromatic rings. The standard InChI is InChI=1S/C17H17FN6O7S/c18-9-4-2-1-3-8(9)16(27)23-32(28,29)30-5-10-12(25)13(26)17(31-10)24-7-22-11-14(19)20-6-21-15(11)24/h1-4,6-7,10,12-13,17,25-26H,5H2,(H,23,27)(H2,19,20,21)/t10-,12-,13-,17-/m1/s1. The third-order valence-corrected chi connectivity index (χ3v) is 5.60. The number of nitrogen functional groups attached to an aromatic ring is 1. The zero-order valence-corrected chi connectivity index (χ0v) is 16.9. The molecule has 2 aromatic heterocycles. The lowest BCUT2D eigenvalue weighted by Gasteiger charge is -2.16. The first-order valence-corrected chi connectivity index (χ1v) is 10.5. The number of amides is 1. The zero-order valence-electron chi connectivity index (χ0n) is 16.1. The maximum absolute atomic E-state index is 13.7. The fourth-order valence-corrected chi connectivity index (χ4v) is 3.86. The van der Waals surface area contributed by atoms with E-state index in [9.17, 15) is 27.8 Å². The van der Waals surface area contributed by atoms with Crippen molar-refractivity contribution in [1.29, 1.82) is 0 Å². The first kappa shape index (κ1) is 22.0. The summed E-state index contributed by atoms with van der Waals surface area (Å²) in [6, 6.07) is 4.78. The zero-order chi connectivity index (χ0) is 23.0. The van der Waals surface area contributed by atoms with Crippen molar-refractivity contribution in [3.05, 3.63) is 48.3 Å². The summed E-state index contributed by atoms with van der Waals surface area (Å²) in [5, 5.41) is 20.6. The van der Waals surface area contributed by atoms with Crippen LogP contribution in [0.15, 0.2) is 36.9 Å². The molecule has 0 unspecified atom stereocenters. The number of nitrogens with one attached hydrogen (secondary N) is 1. The van der Waals surface area contributed by atoms with Crippen LogP contribution < -0.4 is 10.5 Å². The van der Waals surface area contributed by atoms with Gasteiger partial charge in [0.15, 0.2) is 17.7 Å². The molecule has 0 radical (unpaired) electrons. The number of nitrogens with zero attached hydrogens (tertiary/aromatic N) is 4. The Balaban J connectivity index is 1.44. The number of nitrogens with two attached hydrogens (primary N) is 1. The number of carbonyl (C=O) groups excluding carboxylic acids is 1. The Morgan fingerprint density at radius 2 is 2.00 bits per heavy atom. The molecule has 0 aliphatic carbocycles. The van der Waals surface area contributed by atoms with Crippen molar-refractivity contribution in [2.45, 2.75) is 24.5 Å². The van der Waals surface area contributed by atoms with Crippen LogP contribution in [0.1, 0.15) is 16.6 Å². The Morgan fingerprint density at radius 3 is 2.75 bits per heavy atom. The summed E-state index contributed by atoms with van der Waals surface area (Å²) in [4.78, 5) is 23.8. The van der Waals surface area contributed by atoms with Gasteiger partial charge >= 0.3 is 10.3 Å². The Labute approximate surface area is 179 Å². The molecule has 3 heterocycles. The summed E-state index contributed by atoms with van der Waals surface area (Å²) >= 11 is 0. The van der Waals surface area contributed by atoms with Gasteiger partial charge in [0, 0.05) is 0 Å². The van der Waals surface area contributed by atoms with Crippen LogP contribution in [0.4, 0.5) is 10.2 Å². The van der Waals surface area contributed by atoms with Gasteiger partial charge < -0.3 is 20.7 Å². The normalized spacial score (nSPS) is 23.5. The van der Waals surface area contributed by atoms with E-state index in [1.54, 1.807) is 4.72 Å². The van der Waals surface area contributed by atoms with Crippen molar-refractivity contribution < 1.29 is 36.7 Å². The molecule has 13 nitrogen and oxygen atoms in total. The number of anilines is 1. The van der Waals surface area contributed by atoms with Gasteiger partial charge in [-0.1, -0.05) is 12.1 Å². The molecule has 1 amide bonds. The Bertz CT molecular complexity index is 1270. The number of imidazole rings is 1. The highest BCUT2D eigenvalue weighted by atomic mass is 32.2. The lowest BCUT2D eigenvalue weighted by Crippen LogP contribution is -2.38. The van der Waals surface area contributed by atoms with E-state index >= 15 is 0 Å². The van der Waals surface area contributed by atoms with Gasteiger partial charge in [0.2, 0.25) is 0 Å². The van der Waals surface area contributed by atoms with Gasteiger partial charge in [-0.25, -0.2) is 24.1 Å². The number of fused-ring (bicyclic) bond motifs is 1. The minimum absolute atomic E-state index is 0.0957. The summed E-state index contributed by atoms with van der Waals surface area (Å²) in [5.41, 5.74) is 5.69. The van der Waals surface area contributed by atoms with Gasteiger partial charge in [-0.05, 0) is 12.1 Å². The second kappa shape index (κ2) is 8.36. The number of hydrogen-bond acceptors (Lipinski definition) is 11. The number of aliphatic hydroxyl groups is 2. The molecular formula is C17H17FN6O7S. The Morgan fingerprint density at radius 1 is 1.25 bits per heavy atom. The smallest absolute Gasteiger partial charge is 0.362 e. The molecule has 4 rings (SSSR count). The van der Waals surface area contributed by atoms with E-state index in [4.69, 9.17) is 10.5 Å². The number of aliphatic hydroxyl groups excluding tert-OH is 2. The van der Waals surface area contributed by atoms with E-state index in [-0.39, 0.29) is 17.0 Å². The fourth-order valence-electron chi connectivity index (χ4n) is 3.15. The lowest BCUT2D eigenvalue weighted by molar-refractivity contribution is -0.0468. The number of rotatable bonds is 6. The minimum Gasteiger partial charge on any atom is -0.387 e. The highest BCUT2D eigenvalue weighted by Crippen LogP contribution is 2.32. The quantitative estimate of drug-likeness (QED) is 0.342. The van der Waals surface area contributed by atoms with Crippen LogP contribution in [-0.4, -0.2) is 69.0 Å². The molecule has 0 saturated carbocycles. The average Bonchev–Trinajstić information content (AvgIpc) is 3.29. The van der Waals surface area contributed by atoms with Crippen LogP contribution in [0.3, 0.4) is 0 Å². The second-order valence-corrected chi connectivity index (χ2v) is 8.13. The first-order valence-electron chi connectivity index (χ1n) is 9.08. The van der Waals surface area contributed by atoms with E-state index in [0.29, 0.717) is 0 Å². The van der Waals surface area contributed by atoms with Crippen LogP contribution in [-0.2, 0) is 19.2 Å². The van der Waals surface area contributed by atoms with Crippen molar-refractivity contribution in [1.82, 2.24) is 24.2 Å². The van der Waals surface area contributed by atoms with Gasteiger partial charge in [-0.2, -0.15) is 8.42 Å². The van der Waals surface area contributed by atoms with Crippen LogP contribution in [0.5, 0.6) is 0 Å². The fraction of sp³-hybridized carbons (Fsp3) is 0.294. The van der Waals surface area contributed by atoms with Crippen molar-refractivity contribution in [2.75, 3.05) is 12.3 Å². The topological polar surface area (TPSA) is 192 Å². The van der Waals surface area contributed by atoms with Gasteiger partial charge in [0.25, 0.3) is 5.91 Å². The predicted molar refractivity (Wildman–Crippen MR) is 104 cm³/mol. The van der Waals surface area contributed by atoms with Crippen molar-refractivity contribution in [3.63, 3.8) is 0 Å². The second-order valence-electron chi connectivity index (χ2n) is 6.78. The monoisotopic (exact) mass is 468 g/mol. The number of halogens is 1. The van der Waals surface area contributed by atoms with E-state index in [1.165, 1.54) is 29.4 Å². The van der Waals surface area contributed by atoms with Crippen LogP contribution in [0, 0.1) is 5.82 Å². The minimum atomic E-state index is -4.68. The van der Waals surface area contributed by atoms with Crippen LogP contribution in [0.25, 0.3) is 11.2 Å². The van der Waals surface area contributed by atoms with Crippen molar-refractivity contribution >= 4 is 33.2 Å². The third kappa shape index (κ3) is 4.11. The molecule has 1 aromatic carbocycles. The van der Waals surface area contributed by atoms with Crippen molar-refractivity contribution in [3.8, 4) is 0 Å². The number of aromatic nitrogens is 4. The van der Waals surface area contributed by atoms with Crippen LogP contribution in [0.2, 0.25) is 0 Å². The molecule has 1 aliphatic heterocycles. The maximum atomic E-state index is 13.7. The van der Waals surface area contributed by atoms with Crippen molar-refractivity contribution in [2.24, 2.45) is 0 Å². The van der Waals surface area contributed by atoms with E-state index in [1.807, 2.05) is 0 Å². The van der Waals surface area contributed by atoms with Crippen LogP contribution >= 0.6 is 0 Å². The molecule has 32 heavy (non-hydrogen) atoms. The first-order chi connectivity index (χ1) is 15.2. The van der Waals surface area contributed by atoms with Gasteiger partial charge in [0.05, 0.1) is 18.5 Å². The number of ether oxygens (including phenoxy) is 1. The molecule has 1 fully saturated rings. The maximum Gasteiger partial charge on any atom is 0.362 e. The summed E-state index contributed by atoms with van der Waals surface area (Å²) in [6.07, 6.45) is -3.08. The molecule has 5 N–H and O–H groups in total. The van der Waals surface area contributed by atoms with Gasteiger partial charge in [-0.3, -0.25) is 13.5 Å². The molecule has 1 aliphatic rings. The SMILES string of the molecule is Nc1ncnc2c1ncn2[C@@H]1O[C@H](COS(=O)(=O)NC(=O)c2ccccc2F)[C@@H](O)[C@H]1O. The summed E-state index contributed by atoms with van der Waals surface area (Å²) in [6.45, 7) is -0.752. The number of carbonyl (C=O) groups is 1. The molecule has 0 spiro atoms. The predicted octanol–water partition coefficient (Wildman–Crippen LogP) is -1.14. The molecule has 170 valence electrons. The Hall–Kier alpha value is -3.24. The lowest BCUT2D eigenvalue weighted by atomic mass is 10.1. The van der Waals surface area contributed by atoms with Gasteiger partial charge in [-0.15, -0.1) is 0 Å². The summed E-state index contributed by atoms with van der Waals surface area (Å²) in [5.74, 6) is -2.06. The van der Waals surface area contributed by atoms with E-state index < -0.39 is 58.7 Å². The highest BCUT2D eigenvalue weighted by molar-refractivity contribution is 7.85.